The molecule has 0 aliphatic carbocycles. The van der Waals surface area contributed by atoms with E-state index < -0.39 is 0 Å². The molecule has 0 radical (unpaired) electrons. The highest BCUT2D eigenvalue weighted by Gasteiger charge is 2.10. The minimum atomic E-state index is 0.254. The maximum Gasteiger partial charge on any atom is 0.255 e. The lowest BCUT2D eigenvalue weighted by Crippen LogP contribution is -2.12. The van der Waals surface area contributed by atoms with Gasteiger partial charge in [0, 0.05) is 24.9 Å². The average molecular weight is 232 g/mol. The third-order valence-corrected chi connectivity index (χ3v) is 2.20. The monoisotopic (exact) mass is 232 g/mol. The molecular formula is C11H16N6. The minimum Gasteiger partial charge on any atom is -0.354 e. The molecule has 2 heterocycles. The maximum atomic E-state index is 4.40. The largest absolute Gasteiger partial charge is 0.354 e. The van der Waals surface area contributed by atoms with Crippen LogP contribution in [0.15, 0.2) is 18.5 Å². The Kier molecular flexibility index (Phi) is 3.32. The van der Waals surface area contributed by atoms with Crippen molar-refractivity contribution in [3.8, 4) is 5.95 Å². The Morgan fingerprint density at radius 1 is 1.29 bits per heavy atom. The first-order chi connectivity index (χ1) is 8.20. The van der Waals surface area contributed by atoms with Crippen LogP contribution in [0.1, 0.15) is 32.5 Å². The fourth-order valence-electron chi connectivity index (χ4n) is 1.37. The van der Waals surface area contributed by atoms with Crippen LogP contribution in [0.3, 0.4) is 0 Å². The fourth-order valence-corrected chi connectivity index (χ4v) is 1.37. The second kappa shape index (κ2) is 4.90. The lowest BCUT2D eigenvalue weighted by atomic mass is 10.2. The van der Waals surface area contributed by atoms with Gasteiger partial charge in [-0.25, -0.2) is 4.68 Å². The van der Waals surface area contributed by atoms with Crippen molar-refractivity contribution in [2.24, 2.45) is 0 Å². The lowest BCUT2D eigenvalue weighted by molar-refractivity contribution is 0.719. The first-order valence-electron chi connectivity index (χ1n) is 5.70. The number of nitrogens with zero attached hydrogens (tertiary/aromatic N) is 5. The molecule has 0 saturated heterocycles. The summed E-state index contributed by atoms with van der Waals surface area (Å²) in [5, 5.41) is 7.23. The van der Waals surface area contributed by atoms with Crippen LogP contribution in [0.5, 0.6) is 0 Å². The van der Waals surface area contributed by atoms with Crippen molar-refractivity contribution in [1.29, 1.82) is 0 Å². The van der Waals surface area contributed by atoms with Gasteiger partial charge in [-0.15, -0.1) is 0 Å². The molecule has 2 rings (SSSR count). The van der Waals surface area contributed by atoms with Gasteiger partial charge >= 0.3 is 0 Å². The van der Waals surface area contributed by atoms with E-state index >= 15 is 0 Å². The van der Waals surface area contributed by atoms with E-state index in [4.69, 9.17) is 0 Å². The number of aromatic nitrogens is 5. The smallest absolute Gasteiger partial charge is 0.255 e. The maximum absolute atomic E-state index is 4.40. The molecule has 0 spiro atoms. The van der Waals surface area contributed by atoms with Crippen LogP contribution < -0.4 is 5.32 Å². The van der Waals surface area contributed by atoms with Gasteiger partial charge in [-0.1, -0.05) is 13.8 Å². The van der Waals surface area contributed by atoms with Crippen molar-refractivity contribution in [1.82, 2.24) is 24.7 Å². The van der Waals surface area contributed by atoms with Crippen LogP contribution in [0.25, 0.3) is 5.95 Å². The number of nitrogens with one attached hydrogen (secondary N) is 1. The molecule has 1 N–H and O–H groups in total. The Morgan fingerprint density at radius 3 is 2.71 bits per heavy atom. The van der Waals surface area contributed by atoms with E-state index in [-0.39, 0.29) is 5.92 Å². The summed E-state index contributed by atoms with van der Waals surface area (Å²) in [6, 6.07) is 1.84. The predicted octanol–water partition coefficient (Wildman–Crippen LogP) is 1.61. The zero-order valence-corrected chi connectivity index (χ0v) is 10.3. The summed E-state index contributed by atoms with van der Waals surface area (Å²) in [5.41, 5.74) is 0. The molecule has 17 heavy (non-hydrogen) atoms. The van der Waals surface area contributed by atoms with E-state index in [1.165, 1.54) is 0 Å². The van der Waals surface area contributed by atoms with Gasteiger partial charge in [0.2, 0.25) is 5.95 Å². The number of anilines is 1. The quantitative estimate of drug-likeness (QED) is 0.867. The van der Waals surface area contributed by atoms with Crippen molar-refractivity contribution >= 4 is 5.95 Å². The molecule has 0 bridgehead atoms. The van der Waals surface area contributed by atoms with Crippen molar-refractivity contribution < 1.29 is 0 Å². The third-order valence-electron chi connectivity index (χ3n) is 2.20. The van der Waals surface area contributed by atoms with E-state index in [1.807, 2.05) is 19.2 Å². The molecule has 0 aromatic carbocycles. The normalized spacial score (nSPS) is 10.8. The Morgan fingerprint density at radius 2 is 2.12 bits per heavy atom. The SMILES string of the molecule is CCNc1nc(C(C)C)nc(-n2cccn2)n1. The first kappa shape index (κ1) is 11.5. The van der Waals surface area contributed by atoms with Crippen LogP contribution in [-0.4, -0.2) is 31.3 Å². The number of hydrogen-bond donors (Lipinski definition) is 1. The highest BCUT2D eigenvalue weighted by Crippen LogP contribution is 2.12. The van der Waals surface area contributed by atoms with Gasteiger partial charge in [0.05, 0.1) is 0 Å². The van der Waals surface area contributed by atoms with E-state index in [2.05, 4.69) is 39.2 Å². The molecule has 2 aromatic heterocycles. The highest BCUT2D eigenvalue weighted by molar-refractivity contribution is 5.28. The van der Waals surface area contributed by atoms with Gasteiger partial charge in [0.15, 0.2) is 0 Å². The van der Waals surface area contributed by atoms with Crippen LogP contribution in [-0.2, 0) is 0 Å². The molecule has 0 fully saturated rings. The molecule has 6 nitrogen and oxygen atoms in total. The van der Waals surface area contributed by atoms with Gasteiger partial charge in [-0.05, 0) is 13.0 Å². The average Bonchev–Trinajstić information content (AvgIpc) is 2.82. The second-order valence-electron chi connectivity index (χ2n) is 3.95. The first-order valence-corrected chi connectivity index (χ1v) is 5.70. The number of hydrogen-bond acceptors (Lipinski definition) is 5. The molecule has 2 aromatic rings. The zero-order chi connectivity index (χ0) is 12.3. The molecule has 0 atom stereocenters. The van der Waals surface area contributed by atoms with Crippen molar-refractivity contribution in [2.45, 2.75) is 26.7 Å². The second-order valence-corrected chi connectivity index (χ2v) is 3.95. The van der Waals surface area contributed by atoms with Crippen LogP contribution in [0.2, 0.25) is 0 Å². The minimum absolute atomic E-state index is 0.254. The van der Waals surface area contributed by atoms with Gasteiger partial charge < -0.3 is 5.32 Å². The molecule has 0 aliphatic rings. The molecule has 0 aliphatic heterocycles. The summed E-state index contributed by atoms with van der Waals surface area (Å²) in [6.45, 7) is 6.89. The van der Waals surface area contributed by atoms with Gasteiger partial charge in [-0.3, -0.25) is 0 Å². The molecule has 90 valence electrons. The summed E-state index contributed by atoms with van der Waals surface area (Å²) >= 11 is 0. The van der Waals surface area contributed by atoms with Gasteiger partial charge in [0.25, 0.3) is 5.95 Å². The Hall–Kier alpha value is -1.98. The van der Waals surface area contributed by atoms with E-state index in [0.717, 1.165) is 12.4 Å². The van der Waals surface area contributed by atoms with E-state index in [0.29, 0.717) is 11.9 Å². The Labute approximate surface area is 100 Å². The molecule has 0 unspecified atom stereocenters. The van der Waals surface area contributed by atoms with E-state index in [1.54, 1.807) is 10.9 Å². The molecule has 6 heteroatoms. The Balaban J connectivity index is 2.44. The van der Waals surface area contributed by atoms with Gasteiger partial charge in [-0.2, -0.15) is 20.1 Å². The number of rotatable bonds is 4. The lowest BCUT2D eigenvalue weighted by Gasteiger charge is -2.09. The molecular weight excluding hydrogens is 216 g/mol. The standard InChI is InChI=1S/C11H16N6/c1-4-12-10-14-9(8(2)3)15-11(16-10)17-7-5-6-13-17/h5-8H,4H2,1-3H3,(H,12,14,15,16). The van der Waals surface area contributed by atoms with Crippen LogP contribution >= 0.6 is 0 Å². The summed E-state index contributed by atoms with van der Waals surface area (Å²) in [4.78, 5) is 13.1. The summed E-state index contributed by atoms with van der Waals surface area (Å²) in [6.07, 6.45) is 3.51. The molecule has 0 saturated carbocycles. The van der Waals surface area contributed by atoms with Gasteiger partial charge in [0.1, 0.15) is 5.82 Å². The van der Waals surface area contributed by atoms with Crippen molar-refractivity contribution in [3.05, 3.63) is 24.3 Å². The third kappa shape index (κ3) is 2.58. The summed E-state index contributed by atoms with van der Waals surface area (Å²) in [5.74, 6) is 2.16. The molecule has 0 amide bonds. The zero-order valence-electron chi connectivity index (χ0n) is 10.3. The topological polar surface area (TPSA) is 68.5 Å². The Bertz CT molecular complexity index is 477. The van der Waals surface area contributed by atoms with E-state index in [9.17, 15) is 0 Å². The summed E-state index contributed by atoms with van der Waals surface area (Å²) < 4.78 is 1.63. The van der Waals surface area contributed by atoms with Crippen molar-refractivity contribution in [2.75, 3.05) is 11.9 Å². The highest BCUT2D eigenvalue weighted by atomic mass is 15.4. The fraction of sp³-hybridized carbons (Fsp3) is 0.455. The summed E-state index contributed by atoms with van der Waals surface area (Å²) in [7, 11) is 0. The van der Waals surface area contributed by atoms with Crippen LogP contribution in [0, 0.1) is 0 Å². The predicted molar refractivity (Wildman–Crippen MR) is 65.2 cm³/mol. The van der Waals surface area contributed by atoms with Crippen LogP contribution in [0.4, 0.5) is 5.95 Å². The van der Waals surface area contributed by atoms with Crippen molar-refractivity contribution in [3.63, 3.8) is 0 Å².